The highest BCUT2D eigenvalue weighted by Crippen LogP contribution is 2.33. The summed E-state index contributed by atoms with van der Waals surface area (Å²) in [5.41, 5.74) is 4.54. The molecule has 1 aliphatic rings. The molecule has 0 bridgehead atoms. The summed E-state index contributed by atoms with van der Waals surface area (Å²) >= 11 is 0. The van der Waals surface area contributed by atoms with Gasteiger partial charge in [0.2, 0.25) is 0 Å². The summed E-state index contributed by atoms with van der Waals surface area (Å²) in [6.45, 7) is 2.76. The minimum atomic E-state index is 0.00685. The van der Waals surface area contributed by atoms with Crippen molar-refractivity contribution in [3.8, 4) is 5.75 Å². The molecule has 76 valence electrons. The lowest BCUT2D eigenvalue weighted by molar-refractivity contribution is 0.122. The molecule has 2 N–H and O–H groups in total. The van der Waals surface area contributed by atoms with Gasteiger partial charge in [-0.3, -0.25) is 0 Å². The number of aryl methyl sites for hydroxylation is 1. The second-order valence-electron chi connectivity index (χ2n) is 3.67. The molecular formula is C11H15NO2. The fourth-order valence-electron chi connectivity index (χ4n) is 1.90. The van der Waals surface area contributed by atoms with Crippen LogP contribution in [0.25, 0.3) is 0 Å². The summed E-state index contributed by atoms with van der Waals surface area (Å²) in [4.78, 5) is 0. The molecule has 0 saturated heterocycles. The zero-order valence-electron chi connectivity index (χ0n) is 8.29. The molecule has 1 aromatic carbocycles. The zero-order valence-corrected chi connectivity index (χ0v) is 8.29. The maximum atomic E-state index is 9.05. The molecule has 0 amide bonds. The van der Waals surface area contributed by atoms with E-state index in [4.69, 9.17) is 9.94 Å². The van der Waals surface area contributed by atoms with E-state index in [1.807, 2.05) is 25.1 Å². The van der Waals surface area contributed by atoms with Crippen molar-refractivity contribution in [2.75, 3.05) is 6.61 Å². The summed E-state index contributed by atoms with van der Waals surface area (Å²) in [6, 6.07) is 6.03. The lowest BCUT2D eigenvalue weighted by atomic mass is 10.0. The third-order valence-electron chi connectivity index (χ3n) is 2.66. The Balaban J connectivity index is 2.44. The van der Waals surface area contributed by atoms with Crippen molar-refractivity contribution < 1.29 is 9.94 Å². The lowest BCUT2D eigenvalue weighted by Crippen LogP contribution is -2.16. The molecule has 0 radical (unpaired) electrons. The number of fused-ring (bicyclic) bond motifs is 1. The van der Waals surface area contributed by atoms with Crippen molar-refractivity contribution >= 4 is 0 Å². The van der Waals surface area contributed by atoms with E-state index in [0.717, 1.165) is 36.3 Å². The molecule has 3 nitrogen and oxygen atoms in total. The number of hydroxylamine groups is 1. The Kier molecular flexibility index (Phi) is 2.70. The largest absolute Gasteiger partial charge is 0.493 e. The van der Waals surface area contributed by atoms with Crippen LogP contribution in [0.5, 0.6) is 5.75 Å². The van der Waals surface area contributed by atoms with Crippen molar-refractivity contribution in [1.82, 2.24) is 5.48 Å². The first-order valence-electron chi connectivity index (χ1n) is 4.95. The summed E-state index contributed by atoms with van der Waals surface area (Å²) in [6.07, 6.45) is 1.87. The summed E-state index contributed by atoms with van der Waals surface area (Å²) < 4.78 is 5.66. The van der Waals surface area contributed by atoms with Crippen LogP contribution in [0.3, 0.4) is 0 Å². The van der Waals surface area contributed by atoms with Gasteiger partial charge in [-0.1, -0.05) is 18.2 Å². The monoisotopic (exact) mass is 193 g/mol. The molecule has 3 heteroatoms. The minimum absolute atomic E-state index is 0.00685. The molecule has 1 unspecified atom stereocenters. The Hall–Kier alpha value is -1.06. The molecule has 0 fully saturated rings. The van der Waals surface area contributed by atoms with Gasteiger partial charge < -0.3 is 9.94 Å². The second-order valence-corrected chi connectivity index (χ2v) is 3.67. The van der Waals surface area contributed by atoms with Crippen molar-refractivity contribution in [1.29, 1.82) is 0 Å². The summed E-state index contributed by atoms with van der Waals surface area (Å²) in [5.74, 6) is 0.927. The highest BCUT2D eigenvalue weighted by atomic mass is 16.5. The van der Waals surface area contributed by atoms with Crippen LogP contribution in [0.4, 0.5) is 0 Å². The van der Waals surface area contributed by atoms with Gasteiger partial charge in [0, 0.05) is 5.56 Å². The maximum Gasteiger partial charge on any atom is 0.127 e. The number of rotatable bonds is 1. The topological polar surface area (TPSA) is 41.5 Å². The average Bonchev–Trinajstić information content (AvgIpc) is 2.40. The smallest absolute Gasteiger partial charge is 0.127 e. The molecule has 0 aliphatic carbocycles. The highest BCUT2D eigenvalue weighted by Gasteiger charge is 2.19. The molecule has 1 atom stereocenters. The van der Waals surface area contributed by atoms with E-state index in [0.29, 0.717) is 0 Å². The zero-order chi connectivity index (χ0) is 9.97. The van der Waals surface area contributed by atoms with E-state index in [2.05, 4.69) is 5.48 Å². The fourth-order valence-corrected chi connectivity index (χ4v) is 1.90. The van der Waals surface area contributed by atoms with Gasteiger partial charge in [0.15, 0.2) is 0 Å². The third-order valence-corrected chi connectivity index (χ3v) is 2.66. The van der Waals surface area contributed by atoms with E-state index in [-0.39, 0.29) is 6.04 Å². The number of nitrogens with one attached hydrogen (secondary N) is 1. The van der Waals surface area contributed by atoms with Crippen LogP contribution in [0.15, 0.2) is 18.2 Å². The highest BCUT2D eigenvalue weighted by molar-refractivity contribution is 5.43. The Morgan fingerprint density at radius 2 is 2.36 bits per heavy atom. The van der Waals surface area contributed by atoms with Crippen LogP contribution >= 0.6 is 0 Å². The molecule has 14 heavy (non-hydrogen) atoms. The number of hydrogen-bond donors (Lipinski definition) is 2. The van der Waals surface area contributed by atoms with Gasteiger partial charge in [0.25, 0.3) is 0 Å². The quantitative estimate of drug-likeness (QED) is 0.672. The van der Waals surface area contributed by atoms with E-state index in [1.165, 1.54) is 0 Å². The van der Waals surface area contributed by atoms with E-state index in [1.54, 1.807) is 0 Å². The van der Waals surface area contributed by atoms with Gasteiger partial charge in [-0.2, -0.15) is 5.48 Å². The summed E-state index contributed by atoms with van der Waals surface area (Å²) in [7, 11) is 0. The van der Waals surface area contributed by atoms with Gasteiger partial charge in [-0.05, 0) is 25.3 Å². The van der Waals surface area contributed by atoms with E-state index >= 15 is 0 Å². The van der Waals surface area contributed by atoms with Crippen LogP contribution in [-0.4, -0.2) is 11.8 Å². The van der Waals surface area contributed by atoms with E-state index in [9.17, 15) is 0 Å². The summed E-state index contributed by atoms with van der Waals surface area (Å²) in [5, 5.41) is 9.05. The Bertz CT molecular complexity index is 325. The minimum Gasteiger partial charge on any atom is -0.493 e. The van der Waals surface area contributed by atoms with Crippen molar-refractivity contribution in [3.05, 3.63) is 29.3 Å². The lowest BCUT2D eigenvalue weighted by Gasteiger charge is -2.15. The Morgan fingerprint density at radius 3 is 3.14 bits per heavy atom. The predicted octanol–water partition coefficient (Wildman–Crippen LogP) is 2.19. The Labute approximate surface area is 83.7 Å². The number of hydrogen-bond acceptors (Lipinski definition) is 3. The Morgan fingerprint density at radius 1 is 1.50 bits per heavy atom. The number of ether oxygens (including phenoxy) is 1. The van der Waals surface area contributed by atoms with Crippen LogP contribution in [-0.2, 0) is 0 Å². The standard InChI is InChI=1S/C11H15NO2/c1-8-4-2-5-9-10(12-13)6-3-7-14-11(8)9/h2,4-5,10,12-13H,3,6-7H2,1H3. The molecule has 1 aromatic rings. The molecule has 0 spiro atoms. The van der Waals surface area contributed by atoms with Gasteiger partial charge in [-0.25, -0.2) is 0 Å². The first kappa shape index (κ1) is 9.49. The average molecular weight is 193 g/mol. The first-order chi connectivity index (χ1) is 6.83. The molecular weight excluding hydrogens is 178 g/mol. The third kappa shape index (κ3) is 1.61. The number of benzene rings is 1. The maximum absolute atomic E-state index is 9.05. The predicted molar refractivity (Wildman–Crippen MR) is 53.6 cm³/mol. The molecule has 1 heterocycles. The van der Waals surface area contributed by atoms with Crippen LogP contribution in [0.1, 0.15) is 30.0 Å². The van der Waals surface area contributed by atoms with E-state index < -0.39 is 0 Å². The van der Waals surface area contributed by atoms with Crippen molar-refractivity contribution in [2.24, 2.45) is 0 Å². The van der Waals surface area contributed by atoms with Crippen molar-refractivity contribution in [2.45, 2.75) is 25.8 Å². The van der Waals surface area contributed by atoms with Crippen molar-refractivity contribution in [3.63, 3.8) is 0 Å². The molecule has 1 aliphatic heterocycles. The van der Waals surface area contributed by atoms with Crippen LogP contribution < -0.4 is 10.2 Å². The molecule has 2 rings (SSSR count). The van der Waals surface area contributed by atoms with Gasteiger partial charge in [0.05, 0.1) is 12.6 Å². The van der Waals surface area contributed by atoms with Crippen LogP contribution in [0, 0.1) is 6.92 Å². The van der Waals surface area contributed by atoms with Gasteiger partial charge in [-0.15, -0.1) is 0 Å². The number of para-hydroxylation sites is 1. The SMILES string of the molecule is Cc1cccc2c1OCCCC2NO. The molecule has 0 aromatic heterocycles. The first-order valence-corrected chi connectivity index (χ1v) is 4.95. The normalized spacial score (nSPS) is 20.9. The second kappa shape index (κ2) is 3.98. The molecule has 0 saturated carbocycles. The fraction of sp³-hybridized carbons (Fsp3) is 0.455. The van der Waals surface area contributed by atoms with Gasteiger partial charge >= 0.3 is 0 Å². The van der Waals surface area contributed by atoms with Crippen LogP contribution in [0.2, 0.25) is 0 Å². The van der Waals surface area contributed by atoms with Gasteiger partial charge in [0.1, 0.15) is 5.75 Å².